The number of fused-ring (bicyclic) bond motifs is 3. The molecule has 7 heteroatoms. The molecular formula is C27H26N2O4S. The maximum Gasteiger partial charge on any atom is 0.409 e. The number of carbonyl (C=O) groups is 2. The van der Waals surface area contributed by atoms with Gasteiger partial charge < -0.3 is 19.6 Å². The molecule has 1 N–H and O–H groups in total. The summed E-state index contributed by atoms with van der Waals surface area (Å²) in [7, 11) is 0. The monoisotopic (exact) mass is 474 g/mol. The molecule has 3 aromatic rings. The molecule has 0 saturated carbocycles. The summed E-state index contributed by atoms with van der Waals surface area (Å²) in [6.45, 7) is 4.27. The van der Waals surface area contributed by atoms with Crippen molar-refractivity contribution < 1.29 is 19.4 Å². The number of nitrogens with zero attached hydrogens (tertiary/aromatic N) is 2. The maximum atomic E-state index is 12.9. The molecule has 1 saturated heterocycles. The number of ether oxygens (including phenoxy) is 1. The van der Waals surface area contributed by atoms with E-state index < -0.39 is 5.97 Å². The lowest BCUT2D eigenvalue weighted by atomic mass is 9.98. The maximum absolute atomic E-state index is 12.9. The summed E-state index contributed by atoms with van der Waals surface area (Å²) in [5.74, 6) is -0.930. The van der Waals surface area contributed by atoms with Crippen LogP contribution < -0.4 is 4.90 Å². The van der Waals surface area contributed by atoms with Gasteiger partial charge in [-0.3, -0.25) is 0 Å². The molecule has 1 fully saturated rings. The Morgan fingerprint density at radius 2 is 1.56 bits per heavy atom. The van der Waals surface area contributed by atoms with Crippen LogP contribution in [0.1, 0.15) is 33.0 Å². The fraction of sp³-hybridized carbons (Fsp3) is 0.259. The van der Waals surface area contributed by atoms with E-state index in [1.54, 1.807) is 17.9 Å². The molecule has 0 spiro atoms. The lowest BCUT2D eigenvalue weighted by Crippen LogP contribution is -2.49. The van der Waals surface area contributed by atoms with Crippen LogP contribution in [0.2, 0.25) is 0 Å². The van der Waals surface area contributed by atoms with E-state index in [9.17, 15) is 14.7 Å². The van der Waals surface area contributed by atoms with Crippen molar-refractivity contribution in [3.8, 4) is 11.1 Å². The Kier molecular flexibility index (Phi) is 5.96. The molecule has 34 heavy (non-hydrogen) atoms. The quantitative estimate of drug-likeness (QED) is 0.518. The molecule has 1 aliphatic heterocycles. The lowest BCUT2D eigenvalue weighted by Gasteiger charge is -2.36. The number of carboxylic acid groups (broad SMARTS) is 1. The highest BCUT2D eigenvalue weighted by Crippen LogP contribution is 2.44. The molecule has 2 aliphatic rings. The van der Waals surface area contributed by atoms with Crippen molar-refractivity contribution in [1.29, 1.82) is 0 Å². The van der Waals surface area contributed by atoms with Crippen molar-refractivity contribution in [2.75, 3.05) is 37.7 Å². The van der Waals surface area contributed by atoms with Crippen molar-refractivity contribution >= 4 is 30.4 Å². The van der Waals surface area contributed by atoms with E-state index in [0.29, 0.717) is 43.2 Å². The first-order valence-electron chi connectivity index (χ1n) is 11.4. The molecule has 0 aromatic heterocycles. The fourth-order valence-electron chi connectivity index (χ4n) is 4.92. The zero-order valence-corrected chi connectivity index (χ0v) is 19.8. The number of benzene rings is 3. The normalized spacial score (nSPS) is 15.1. The zero-order chi connectivity index (χ0) is 23.8. The van der Waals surface area contributed by atoms with Gasteiger partial charge in [0, 0.05) is 42.7 Å². The predicted molar refractivity (Wildman–Crippen MR) is 134 cm³/mol. The smallest absolute Gasteiger partial charge is 0.409 e. The SMILES string of the molecule is Cc1c(S)cc(N2CCN(C(=O)OCC3c4ccccc4-c4ccccc43)CC2)cc1C(=O)O. The van der Waals surface area contributed by atoms with Crippen molar-refractivity contribution in [2.45, 2.75) is 17.7 Å². The Bertz CT molecular complexity index is 1220. The first-order valence-corrected chi connectivity index (χ1v) is 11.8. The molecule has 0 radical (unpaired) electrons. The number of aromatic carboxylic acids is 1. The van der Waals surface area contributed by atoms with E-state index in [1.165, 1.54) is 22.3 Å². The Morgan fingerprint density at radius 3 is 2.15 bits per heavy atom. The molecule has 5 rings (SSSR count). The van der Waals surface area contributed by atoms with Gasteiger partial charge in [0.15, 0.2) is 0 Å². The summed E-state index contributed by atoms with van der Waals surface area (Å²) in [4.78, 5) is 28.9. The van der Waals surface area contributed by atoms with Crippen molar-refractivity contribution in [2.24, 2.45) is 0 Å². The van der Waals surface area contributed by atoms with E-state index in [1.807, 2.05) is 30.3 Å². The number of carbonyl (C=O) groups excluding carboxylic acids is 1. The number of hydrogen-bond donors (Lipinski definition) is 2. The summed E-state index contributed by atoms with van der Waals surface area (Å²) >= 11 is 4.44. The Balaban J connectivity index is 1.23. The predicted octanol–water partition coefficient (Wildman–Crippen LogP) is 5.05. The molecule has 0 unspecified atom stereocenters. The number of anilines is 1. The number of amides is 1. The highest BCUT2D eigenvalue weighted by atomic mass is 32.1. The van der Waals surface area contributed by atoms with Gasteiger partial charge in [-0.1, -0.05) is 48.5 Å². The molecule has 0 bridgehead atoms. The van der Waals surface area contributed by atoms with Crippen LogP contribution in [0.25, 0.3) is 11.1 Å². The topological polar surface area (TPSA) is 70.1 Å². The molecule has 3 aromatic carbocycles. The average Bonchev–Trinajstić information content (AvgIpc) is 3.18. The summed E-state index contributed by atoms with van der Waals surface area (Å²) in [5, 5.41) is 9.48. The van der Waals surface area contributed by atoms with Crippen LogP contribution >= 0.6 is 12.6 Å². The van der Waals surface area contributed by atoms with Gasteiger partial charge in [0.2, 0.25) is 0 Å². The lowest BCUT2D eigenvalue weighted by molar-refractivity contribution is 0.0695. The van der Waals surface area contributed by atoms with Gasteiger partial charge >= 0.3 is 12.1 Å². The second kappa shape index (κ2) is 9.06. The van der Waals surface area contributed by atoms with E-state index in [-0.39, 0.29) is 17.6 Å². The van der Waals surface area contributed by atoms with Crippen LogP contribution in [0.5, 0.6) is 0 Å². The minimum Gasteiger partial charge on any atom is -0.478 e. The summed E-state index contributed by atoms with van der Waals surface area (Å²) < 4.78 is 5.78. The van der Waals surface area contributed by atoms with Crippen LogP contribution in [-0.2, 0) is 4.74 Å². The highest BCUT2D eigenvalue weighted by Gasteiger charge is 2.30. The summed E-state index contributed by atoms with van der Waals surface area (Å²) in [6.07, 6.45) is -0.313. The van der Waals surface area contributed by atoms with Gasteiger partial charge in [-0.25, -0.2) is 9.59 Å². The standard InChI is InChI=1S/C27H26N2O4S/c1-17-23(26(30)31)14-18(15-25(17)34)28-10-12-29(13-11-28)27(32)33-16-24-21-8-4-2-6-19(21)20-7-3-5-9-22(20)24/h2-9,14-15,24,34H,10-13,16H2,1H3,(H,30,31). The molecule has 6 nitrogen and oxygen atoms in total. The number of carboxylic acids is 1. The van der Waals surface area contributed by atoms with E-state index in [4.69, 9.17) is 4.74 Å². The summed E-state index contributed by atoms with van der Waals surface area (Å²) in [6, 6.07) is 20.1. The van der Waals surface area contributed by atoms with Crippen LogP contribution in [0.15, 0.2) is 65.6 Å². The average molecular weight is 475 g/mol. The van der Waals surface area contributed by atoms with Crippen LogP contribution in [0.3, 0.4) is 0 Å². The van der Waals surface area contributed by atoms with Gasteiger partial charge in [0.25, 0.3) is 0 Å². The Morgan fingerprint density at radius 1 is 0.971 bits per heavy atom. The zero-order valence-electron chi connectivity index (χ0n) is 18.9. The minimum atomic E-state index is -0.966. The van der Waals surface area contributed by atoms with E-state index >= 15 is 0 Å². The van der Waals surface area contributed by atoms with Gasteiger partial charge in [0.05, 0.1) is 5.56 Å². The second-order valence-corrected chi connectivity index (χ2v) is 9.20. The van der Waals surface area contributed by atoms with Gasteiger partial charge in [-0.05, 0) is 46.9 Å². The number of piperazine rings is 1. The van der Waals surface area contributed by atoms with Crippen LogP contribution in [0.4, 0.5) is 10.5 Å². The molecule has 0 atom stereocenters. The third-order valence-electron chi connectivity index (χ3n) is 6.83. The fourth-order valence-corrected chi connectivity index (χ4v) is 5.17. The van der Waals surface area contributed by atoms with Gasteiger partial charge in [-0.2, -0.15) is 0 Å². The van der Waals surface area contributed by atoms with Crippen molar-refractivity contribution in [3.05, 3.63) is 82.9 Å². The molecule has 1 amide bonds. The van der Waals surface area contributed by atoms with Crippen molar-refractivity contribution in [1.82, 2.24) is 4.90 Å². The van der Waals surface area contributed by atoms with E-state index in [0.717, 1.165) is 5.69 Å². The van der Waals surface area contributed by atoms with Crippen LogP contribution in [0, 0.1) is 6.92 Å². The Labute approximate surface area is 204 Å². The van der Waals surface area contributed by atoms with E-state index in [2.05, 4.69) is 41.8 Å². The molecule has 1 heterocycles. The largest absolute Gasteiger partial charge is 0.478 e. The first-order chi connectivity index (χ1) is 16.4. The van der Waals surface area contributed by atoms with Gasteiger partial charge in [0.1, 0.15) is 6.61 Å². The number of hydrogen-bond acceptors (Lipinski definition) is 5. The Hall–Kier alpha value is -3.45. The first kappa shape index (κ1) is 22.3. The number of thiol groups is 1. The van der Waals surface area contributed by atoms with Crippen molar-refractivity contribution in [3.63, 3.8) is 0 Å². The number of rotatable bonds is 4. The highest BCUT2D eigenvalue weighted by molar-refractivity contribution is 7.80. The molecular weight excluding hydrogens is 448 g/mol. The third kappa shape index (κ3) is 4.01. The minimum absolute atomic E-state index is 0.0356. The van der Waals surface area contributed by atoms with Crippen LogP contribution in [-0.4, -0.2) is 54.9 Å². The molecule has 1 aliphatic carbocycles. The third-order valence-corrected chi connectivity index (χ3v) is 7.30. The molecule has 174 valence electrons. The second-order valence-electron chi connectivity index (χ2n) is 8.72. The van der Waals surface area contributed by atoms with Gasteiger partial charge in [-0.15, -0.1) is 12.6 Å². The summed E-state index contributed by atoms with van der Waals surface area (Å²) in [5.41, 5.74) is 6.50.